The lowest BCUT2D eigenvalue weighted by atomic mass is 10.1. The molecule has 1 aliphatic rings. The smallest absolute Gasteiger partial charge is 0.167 e. The van der Waals surface area contributed by atoms with Crippen LogP contribution in [0.3, 0.4) is 0 Å². The van der Waals surface area contributed by atoms with E-state index >= 15 is 0 Å². The summed E-state index contributed by atoms with van der Waals surface area (Å²) in [4.78, 5) is 7.27. The van der Waals surface area contributed by atoms with Gasteiger partial charge in [-0.3, -0.25) is 0 Å². The van der Waals surface area contributed by atoms with Crippen molar-refractivity contribution in [1.29, 1.82) is 0 Å². The molecule has 0 bridgehead atoms. The second kappa shape index (κ2) is 5.77. The van der Waals surface area contributed by atoms with E-state index < -0.39 is 0 Å². The lowest BCUT2D eigenvalue weighted by molar-refractivity contribution is 0.262. The molecule has 2 aromatic rings. The molecular weight excluding hydrogens is 301 g/mol. The fourth-order valence-electron chi connectivity index (χ4n) is 2.38. The Kier molecular flexibility index (Phi) is 4.03. The van der Waals surface area contributed by atoms with Gasteiger partial charge in [-0.25, -0.2) is 4.98 Å². The molecule has 1 atom stereocenters. The number of aromatic amines is 1. The zero-order valence-electron chi connectivity index (χ0n) is 10.7. The second-order valence-corrected chi connectivity index (χ2v) is 5.69. The first kappa shape index (κ1) is 13.9. The Hall–Kier alpha value is -1.01. The summed E-state index contributed by atoms with van der Waals surface area (Å²) < 4.78 is 5.85. The van der Waals surface area contributed by atoms with Crippen LogP contribution in [-0.2, 0) is 6.61 Å². The predicted molar refractivity (Wildman–Crippen MR) is 78.5 cm³/mol. The number of ether oxygens (including phenoxy) is 1. The standard InChI is InChI=1S/C13H15Cl2N3O2/c14-8-3-9-12(18-10(5-19)17-9)13(11(8)15)20-6-7-1-2-16-4-7/h3,7,16,19H,1-2,4-6H2,(H,17,18). The maximum Gasteiger partial charge on any atom is 0.167 e. The van der Waals surface area contributed by atoms with E-state index in [1.54, 1.807) is 6.07 Å². The maximum absolute atomic E-state index is 9.16. The van der Waals surface area contributed by atoms with E-state index in [1.165, 1.54) is 0 Å². The Bertz CT molecular complexity index is 624. The molecule has 0 amide bonds. The molecule has 1 aromatic heterocycles. The summed E-state index contributed by atoms with van der Waals surface area (Å²) in [7, 11) is 0. The van der Waals surface area contributed by atoms with Crippen molar-refractivity contribution in [3.05, 3.63) is 21.9 Å². The van der Waals surface area contributed by atoms with E-state index in [9.17, 15) is 0 Å². The summed E-state index contributed by atoms with van der Waals surface area (Å²) in [5.41, 5.74) is 1.32. The third-order valence-electron chi connectivity index (χ3n) is 3.45. The summed E-state index contributed by atoms with van der Waals surface area (Å²) in [6.07, 6.45) is 1.09. The normalized spacial score (nSPS) is 18.9. The van der Waals surface area contributed by atoms with Crippen molar-refractivity contribution in [1.82, 2.24) is 15.3 Å². The first-order valence-electron chi connectivity index (χ1n) is 6.50. The fourth-order valence-corrected chi connectivity index (χ4v) is 2.78. The third-order valence-corrected chi connectivity index (χ3v) is 4.22. The van der Waals surface area contributed by atoms with Gasteiger partial charge < -0.3 is 20.1 Å². The number of rotatable bonds is 4. The first-order valence-corrected chi connectivity index (χ1v) is 7.25. The van der Waals surface area contributed by atoms with E-state index in [0.29, 0.717) is 45.2 Å². The molecule has 5 nitrogen and oxygen atoms in total. The molecule has 0 aliphatic carbocycles. The van der Waals surface area contributed by atoms with Crippen LogP contribution in [0.15, 0.2) is 6.07 Å². The largest absolute Gasteiger partial charge is 0.489 e. The quantitative estimate of drug-likeness (QED) is 0.810. The minimum atomic E-state index is -0.171. The Morgan fingerprint density at radius 1 is 1.45 bits per heavy atom. The van der Waals surface area contributed by atoms with Gasteiger partial charge >= 0.3 is 0 Å². The van der Waals surface area contributed by atoms with Gasteiger partial charge in [0, 0.05) is 12.5 Å². The van der Waals surface area contributed by atoms with E-state index in [2.05, 4.69) is 15.3 Å². The third kappa shape index (κ3) is 2.59. The summed E-state index contributed by atoms with van der Waals surface area (Å²) in [5.74, 6) is 1.42. The van der Waals surface area contributed by atoms with Crippen molar-refractivity contribution in [2.45, 2.75) is 13.0 Å². The highest BCUT2D eigenvalue weighted by Gasteiger charge is 2.19. The van der Waals surface area contributed by atoms with E-state index in [-0.39, 0.29) is 6.61 Å². The zero-order valence-corrected chi connectivity index (χ0v) is 12.3. The molecule has 3 rings (SSSR count). The van der Waals surface area contributed by atoms with Crippen LogP contribution < -0.4 is 10.1 Å². The molecule has 0 radical (unpaired) electrons. The van der Waals surface area contributed by atoms with Gasteiger partial charge in [-0.2, -0.15) is 0 Å². The number of hydrogen-bond acceptors (Lipinski definition) is 4. The van der Waals surface area contributed by atoms with Crippen molar-refractivity contribution >= 4 is 34.2 Å². The number of halogens is 2. The Morgan fingerprint density at radius 3 is 3.00 bits per heavy atom. The van der Waals surface area contributed by atoms with Crippen LogP contribution >= 0.6 is 23.2 Å². The molecule has 1 unspecified atom stereocenters. The average Bonchev–Trinajstić information content (AvgIpc) is 3.08. The highest BCUT2D eigenvalue weighted by Crippen LogP contribution is 2.38. The summed E-state index contributed by atoms with van der Waals surface area (Å²) in [6, 6.07) is 1.69. The number of imidazole rings is 1. The van der Waals surface area contributed by atoms with E-state index in [4.69, 9.17) is 33.0 Å². The minimum absolute atomic E-state index is 0.171. The van der Waals surface area contributed by atoms with E-state index in [0.717, 1.165) is 19.5 Å². The number of hydrogen-bond donors (Lipinski definition) is 3. The van der Waals surface area contributed by atoms with Crippen molar-refractivity contribution in [3.8, 4) is 5.75 Å². The van der Waals surface area contributed by atoms with Crippen molar-refractivity contribution in [3.63, 3.8) is 0 Å². The fraction of sp³-hybridized carbons (Fsp3) is 0.462. The average molecular weight is 316 g/mol. The molecule has 1 aliphatic heterocycles. The molecule has 0 saturated carbocycles. The predicted octanol–water partition coefficient (Wildman–Crippen LogP) is 2.35. The number of nitrogens with one attached hydrogen (secondary N) is 2. The molecule has 2 heterocycles. The second-order valence-electron chi connectivity index (χ2n) is 4.91. The molecule has 1 saturated heterocycles. The SMILES string of the molecule is OCc1nc2c(OCC3CCNC3)c(Cl)c(Cl)cc2[nH]1. The molecule has 20 heavy (non-hydrogen) atoms. The number of H-pyrrole nitrogens is 1. The number of aliphatic hydroxyl groups is 1. The Morgan fingerprint density at radius 2 is 2.30 bits per heavy atom. The van der Waals surface area contributed by atoms with Crippen LogP contribution in [0.25, 0.3) is 11.0 Å². The van der Waals surface area contributed by atoms with Crippen LogP contribution in [-0.4, -0.2) is 34.8 Å². The van der Waals surface area contributed by atoms with Crippen molar-refractivity contribution in [2.75, 3.05) is 19.7 Å². The zero-order chi connectivity index (χ0) is 14.1. The number of fused-ring (bicyclic) bond motifs is 1. The molecule has 108 valence electrons. The van der Waals surface area contributed by atoms with Crippen LogP contribution in [0.5, 0.6) is 5.75 Å². The topological polar surface area (TPSA) is 70.2 Å². The number of aliphatic hydroxyl groups excluding tert-OH is 1. The maximum atomic E-state index is 9.16. The van der Waals surface area contributed by atoms with Gasteiger partial charge in [-0.05, 0) is 19.0 Å². The van der Waals surface area contributed by atoms with Crippen LogP contribution in [0.1, 0.15) is 12.2 Å². The molecule has 1 aromatic carbocycles. The van der Waals surface area contributed by atoms with Gasteiger partial charge in [0.1, 0.15) is 23.0 Å². The van der Waals surface area contributed by atoms with Gasteiger partial charge in [-0.15, -0.1) is 0 Å². The molecule has 7 heteroatoms. The number of aromatic nitrogens is 2. The van der Waals surface area contributed by atoms with E-state index in [1.807, 2.05) is 0 Å². The van der Waals surface area contributed by atoms with Gasteiger partial charge in [0.25, 0.3) is 0 Å². The van der Waals surface area contributed by atoms with Gasteiger partial charge in [0.05, 0.1) is 17.1 Å². The number of benzene rings is 1. The Labute approximate surface area is 126 Å². The van der Waals surface area contributed by atoms with Gasteiger partial charge in [-0.1, -0.05) is 23.2 Å². The highest BCUT2D eigenvalue weighted by molar-refractivity contribution is 6.44. The molecular formula is C13H15Cl2N3O2. The molecule has 3 N–H and O–H groups in total. The number of nitrogens with zero attached hydrogens (tertiary/aromatic N) is 1. The van der Waals surface area contributed by atoms with Crippen LogP contribution in [0, 0.1) is 5.92 Å². The first-order chi connectivity index (χ1) is 9.69. The highest BCUT2D eigenvalue weighted by atomic mass is 35.5. The van der Waals surface area contributed by atoms with Gasteiger partial charge in [0.15, 0.2) is 5.75 Å². The summed E-state index contributed by atoms with van der Waals surface area (Å²) in [5, 5.41) is 13.2. The van der Waals surface area contributed by atoms with Crippen LogP contribution in [0.2, 0.25) is 10.0 Å². The Balaban J connectivity index is 1.93. The monoisotopic (exact) mass is 315 g/mol. The van der Waals surface area contributed by atoms with Crippen molar-refractivity contribution < 1.29 is 9.84 Å². The van der Waals surface area contributed by atoms with Gasteiger partial charge in [0.2, 0.25) is 0 Å². The summed E-state index contributed by atoms with van der Waals surface area (Å²) in [6.45, 7) is 2.37. The molecule has 1 fully saturated rings. The van der Waals surface area contributed by atoms with Crippen molar-refractivity contribution in [2.24, 2.45) is 5.92 Å². The lowest BCUT2D eigenvalue weighted by Gasteiger charge is -2.13. The lowest BCUT2D eigenvalue weighted by Crippen LogP contribution is -2.15. The van der Waals surface area contributed by atoms with Crippen LogP contribution in [0.4, 0.5) is 0 Å². The minimum Gasteiger partial charge on any atom is -0.489 e. The molecule has 0 spiro atoms. The summed E-state index contributed by atoms with van der Waals surface area (Å²) >= 11 is 12.3.